The van der Waals surface area contributed by atoms with Crippen LogP contribution in [0.3, 0.4) is 0 Å². The summed E-state index contributed by atoms with van der Waals surface area (Å²) in [6.07, 6.45) is 3.71. The predicted octanol–water partition coefficient (Wildman–Crippen LogP) is 4.64. The quantitative estimate of drug-likeness (QED) is 0.492. The number of anilines is 1. The van der Waals surface area contributed by atoms with E-state index in [2.05, 4.69) is 5.32 Å². The Hall–Kier alpha value is -3.33. The summed E-state index contributed by atoms with van der Waals surface area (Å²) in [7, 11) is 0. The van der Waals surface area contributed by atoms with E-state index in [0.29, 0.717) is 49.1 Å². The fourth-order valence-electron chi connectivity index (χ4n) is 4.05. The molecule has 3 N–H and O–H groups in total. The number of nitrogens with one attached hydrogen (secondary N) is 2. The number of nitrogens with zero attached hydrogens (tertiary/aromatic N) is 2. The van der Waals surface area contributed by atoms with Gasteiger partial charge in [-0.25, -0.2) is 9.78 Å². The number of aromatic nitrogens is 1. The molecule has 9 heteroatoms. The second kappa shape index (κ2) is 10.5. The smallest absolute Gasteiger partial charge is 0.410 e. The van der Waals surface area contributed by atoms with Gasteiger partial charge in [0.05, 0.1) is 17.9 Å². The maximum Gasteiger partial charge on any atom is 0.410 e. The fourth-order valence-corrected chi connectivity index (χ4v) is 4.05. The second-order valence-corrected chi connectivity index (χ2v) is 10.0. The van der Waals surface area contributed by atoms with Crippen LogP contribution in [0.15, 0.2) is 30.3 Å². The van der Waals surface area contributed by atoms with Gasteiger partial charge in [0.2, 0.25) is 0 Å². The number of rotatable bonds is 7. The van der Waals surface area contributed by atoms with Crippen LogP contribution >= 0.6 is 0 Å². The van der Waals surface area contributed by atoms with Crippen LogP contribution < -0.4 is 10.1 Å². The lowest BCUT2D eigenvalue weighted by molar-refractivity contribution is -0.00781. The standard InChI is InChI=1S/C26H34N4O5/c1-26(2,3)35-25(32)30-14-17(15-30)16-34-22-12-21(18-7-9-19(31)10-8-18)28-24(20(22)13-27)29-23-6-4-5-11-33-23/h7-10,12-13,17,23,27,31H,4-6,11,14-16H2,1-3H3,(H,28,29). The molecule has 1 unspecified atom stereocenters. The molecule has 0 radical (unpaired) electrons. The minimum absolute atomic E-state index is 0.171. The summed E-state index contributed by atoms with van der Waals surface area (Å²) >= 11 is 0. The van der Waals surface area contributed by atoms with Gasteiger partial charge in [-0.15, -0.1) is 0 Å². The molecule has 2 saturated heterocycles. The molecule has 1 amide bonds. The summed E-state index contributed by atoms with van der Waals surface area (Å²) in [5.41, 5.74) is 1.50. The minimum Gasteiger partial charge on any atom is -0.508 e. The third kappa shape index (κ3) is 6.42. The molecule has 1 aromatic heterocycles. The van der Waals surface area contributed by atoms with E-state index >= 15 is 0 Å². The van der Waals surface area contributed by atoms with Crippen molar-refractivity contribution in [2.45, 2.75) is 51.9 Å². The number of ether oxygens (including phenoxy) is 3. The zero-order chi connectivity index (χ0) is 25.0. The van der Waals surface area contributed by atoms with Crippen LogP contribution in [0.5, 0.6) is 11.5 Å². The molecule has 0 saturated carbocycles. The van der Waals surface area contributed by atoms with Crippen molar-refractivity contribution in [3.05, 3.63) is 35.9 Å². The fraction of sp³-hybridized carbons (Fsp3) is 0.500. The summed E-state index contributed by atoms with van der Waals surface area (Å²) in [4.78, 5) is 18.6. The van der Waals surface area contributed by atoms with Gasteiger partial charge < -0.3 is 34.9 Å². The molecule has 0 aliphatic carbocycles. The lowest BCUT2D eigenvalue weighted by Gasteiger charge is -2.39. The molecule has 2 aliphatic heterocycles. The number of phenolic OH excluding ortho intramolecular Hbond substituents is 1. The van der Waals surface area contributed by atoms with Gasteiger partial charge in [0.25, 0.3) is 0 Å². The van der Waals surface area contributed by atoms with Gasteiger partial charge in [0, 0.05) is 43.5 Å². The molecular weight excluding hydrogens is 448 g/mol. The summed E-state index contributed by atoms with van der Waals surface area (Å²) in [5, 5.41) is 21.0. The molecule has 1 atom stereocenters. The average Bonchev–Trinajstić information content (AvgIpc) is 2.78. The molecule has 1 aromatic carbocycles. The van der Waals surface area contributed by atoms with Crippen molar-refractivity contribution < 1.29 is 24.1 Å². The normalized spacial score (nSPS) is 18.5. The molecular formula is C26H34N4O5. The molecule has 9 nitrogen and oxygen atoms in total. The lowest BCUT2D eigenvalue weighted by atomic mass is 10.0. The van der Waals surface area contributed by atoms with E-state index in [4.69, 9.17) is 24.6 Å². The van der Waals surface area contributed by atoms with Crippen LogP contribution in [-0.2, 0) is 9.47 Å². The first kappa shape index (κ1) is 24.8. The first-order valence-electron chi connectivity index (χ1n) is 12.1. The van der Waals surface area contributed by atoms with Gasteiger partial charge in [-0.1, -0.05) is 0 Å². The van der Waals surface area contributed by atoms with Crippen molar-refractivity contribution in [2.75, 3.05) is 31.6 Å². The zero-order valence-electron chi connectivity index (χ0n) is 20.5. The number of likely N-dealkylation sites (tertiary alicyclic amines) is 1. The number of hydrogen-bond acceptors (Lipinski definition) is 8. The Morgan fingerprint density at radius 2 is 2.03 bits per heavy atom. The molecule has 4 rings (SSSR count). The molecule has 3 heterocycles. The number of carbonyl (C=O) groups excluding carboxylic acids is 1. The topological polar surface area (TPSA) is 117 Å². The number of carbonyl (C=O) groups is 1. The Labute approximate surface area is 205 Å². The third-order valence-electron chi connectivity index (χ3n) is 5.89. The second-order valence-electron chi connectivity index (χ2n) is 10.0. The van der Waals surface area contributed by atoms with Crippen molar-refractivity contribution >= 4 is 18.1 Å². The van der Waals surface area contributed by atoms with Crippen LogP contribution in [0.4, 0.5) is 10.6 Å². The van der Waals surface area contributed by atoms with Crippen molar-refractivity contribution in [1.82, 2.24) is 9.88 Å². The molecule has 2 aromatic rings. The van der Waals surface area contributed by atoms with Crippen molar-refractivity contribution in [3.63, 3.8) is 0 Å². The van der Waals surface area contributed by atoms with Crippen LogP contribution in [0.1, 0.15) is 45.6 Å². The van der Waals surface area contributed by atoms with E-state index in [0.717, 1.165) is 24.8 Å². The summed E-state index contributed by atoms with van der Waals surface area (Å²) in [6, 6.07) is 8.61. The Morgan fingerprint density at radius 1 is 1.29 bits per heavy atom. The summed E-state index contributed by atoms with van der Waals surface area (Å²) < 4.78 is 17.4. The van der Waals surface area contributed by atoms with Gasteiger partial charge in [0.15, 0.2) is 0 Å². The van der Waals surface area contributed by atoms with Gasteiger partial charge in [-0.3, -0.25) is 0 Å². The molecule has 188 valence electrons. The Balaban J connectivity index is 1.50. The van der Waals surface area contributed by atoms with Crippen molar-refractivity contribution in [3.8, 4) is 22.8 Å². The van der Waals surface area contributed by atoms with Crippen LogP contribution in [0, 0.1) is 11.3 Å². The number of hydrogen-bond donors (Lipinski definition) is 3. The monoisotopic (exact) mass is 482 g/mol. The molecule has 2 fully saturated rings. The number of aromatic hydroxyl groups is 1. The Morgan fingerprint density at radius 3 is 2.66 bits per heavy atom. The van der Waals surface area contributed by atoms with E-state index in [1.165, 1.54) is 6.21 Å². The van der Waals surface area contributed by atoms with Gasteiger partial charge >= 0.3 is 6.09 Å². The van der Waals surface area contributed by atoms with E-state index < -0.39 is 5.60 Å². The number of amides is 1. The van der Waals surface area contributed by atoms with E-state index in [9.17, 15) is 9.90 Å². The highest BCUT2D eigenvalue weighted by Gasteiger charge is 2.34. The highest BCUT2D eigenvalue weighted by atomic mass is 16.6. The molecule has 2 aliphatic rings. The average molecular weight is 483 g/mol. The highest BCUT2D eigenvalue weighted by Crippen LogP contribution is 2.32. The summed E-state index contributed by atoms with van der Waals surface area (Å²) in [6.45, 7) is 7.76. The first-order chi connectivity index (χ1) is 16.7. The Kier molecular flexibility index (Phi) is 7.45. The number of phenols is 1. The SMILES string of the molecule is CC(C)(C)OC(=O)N1CC(COc2cc(-c3ccc(O)cc3)nc(NC3CCCCO3)c2C=N)C1. The molecule has 35 heavy (non-hydrogen) atoms. The van der Waals surface area contributed by atoms with Crippen molar-refractivity contribution in [2.24, 2.45) is 5.92 Å². The van der Waals surface area contributed by atoms with Crippen LogP contribution in [0.25, 0.3) is 11.3 Å². The van der Waals surface area contributed by atoms with E-state index in [1.54, 1.807) is 29.2 Å². The number of pyridine rings is 1. The van der Waals surface area contributed by atoms with Gasteiger partial charge in [0.1, 0.15) is 29.1 Å². The van der Waals surface area contributed by atoms with Gasteiger partial charge in [-0.2, -0.15) is 0 Å². The summed E-state index contributed by atoms with van der Waals surface area (Å²) in [5.74, 6) is 1.41. The molecule has 0 spiro atoms. The maximum atomic E-state index is 12.2. The largest absolute Gasteiger partial charge is 0.508 e. The van der Waals surface area contributed by atoms with Crippen molar-refractivity contribution in [1.29, 1.82) is 5.41 Å². The van der Waals surface area contributed by atoms with E-state index in [1.807, 2.05) is 26.8 Å². The highest BCUT2D eigenvalue weighted by molar-refractivity contribution is 5.89. The lowest BCUT2D eigenvalue weighted by Crippen LogP contribution is -2.53. The maximum absolute atomic E-state index is 12.2. The zero-order valence-corrected chi connectivity index (χ0v) is 20.5. The van der Waals surface area contributed by atoms with E-state index in [-0.39, 0.29) is 24.0 Å². The van der Waals surface area contributed by atoms with Gasteiger partial charge in [-0.05, 0) is 64.3 Å². The minimum atomic E-state index is -0.523. The molecule has 0 bridgehead atoms. The number of benzene rings is 1. The van der Waals surface area contributed by atoms with Crippen LogP contribution in [-0.4, -0.2) is 65.4 Å². The first-order valence-corrected chi connectivity index (χ1v) is 12.1. The third-order valence-corrected chi connectivity index (χ3v) is 5.89. The van der Waals surface area contributed by atoms with Crippen LogP contribution in [0.2, 0.25) is 0 Å². The predicted molar refractivity (Wildman–Crippen MR) is 133 cm³/mol. The Bertz CT molecular complexity index is 1040.